The van der Waals surface area contributed by atoms with Crippen molar-refractivity contribution in [2.75, 3.05) is 31.1 Å². The first-order chi connectivity index (χ1) is 20.5. The molecule has 1 saturated heterocycles. The van der Waals surface area contributed by atoms with Crippen molar-refractivity contribution >= 4 is 21.4 Å². The third kappa shape index (κ3) is 6.84. The predicted molar refractivity (Wildman–Crippen MR) is 150 cm³/mol. The number of hydrogen-bond donors (Lipinski definition) is 0. The first-order valence-corrected chi connectivity index (χ1v) is 14.5. The number of rotatable bonds is 9. The highest BCUT2D eigenvalue weighted by Crippen LogP contribution is 2.28. The fraction of sp³-hybridized carbons (Fsp3) is 0.214. The molecule has 4 aromatic rings. The van der Waals surface area contributed by atoms with Crippen LogP contribution in [0.2, 0.25) is 0 Å². The molecule has 1 fully saturated rings. The first kappa shape index (κ1) is 29.7. The third-order valence-electron chi connectivity index (χ3n) is 6.77. The van der Waals surface area contributed by atoms with Gasteiger partial charge in [0.2, 0.25) is 15.8 Å². The van der Waals surface area contributed by atoms with Gasteiger partial charge in [-0.3, -0.25) is 14.9 Å². The van der Waals surface area contributed by atoms with Crippen LogP contribution in [0.15, 0.2) is 77.7 Å². The van der Waals surface area contributed by atoms with Crippen molar-refractivity contribution in [3.63, 3.8) is 0 Å². The highest BCUT2D eigenvalue weighted by atomic mass is 32.2. The summed E-state index contributed by atoms with van der Waals surface area (Å²) in [5.74, 6) is -2.81. The number of non-ortho nitro benzene ring substituents is 1. The largest absolute Gasteiger partial charge is 0.481 e. The lowest BCUT2D eigenvalue weighted by atomic mass is 10.2. The molecule has 224 valence electrons. The highest BCUT2D eigenvalue weighted by molar-refractivity contribution is 7.88. The van der Waals surface area contributed by atoms with Crippen LogP contribution in [0.4, 0.5) is 24.5 Å². The zero-order valence-electron chi connectivity index (χ0n) is 22.4. The first-order valence-electron chi connectivity index (χ1n) is 12.9. The van der Waals surface area contributed by atoms with Crippen LogP contribution in [-0.2, 0) is 22.4 Å². The number of nitro groups is 1. The Balaban J connectivity index is 1.38. The quantitative estimate of drug-likeness (QED) is 0.206. The van der Waals surface area contributed by atoms with Crippen LogP contribution < -0.4 is 15.2 Å². The van der Waals surface area contributed by atoms with Gasteiger partial charge in [0.25, 0.3) is 5.69 Å². The number of halogens is 3. The lowest BCUT2D eigenvalue weighted by molar-refractivity contribution is -0.384. The number of anilines is 1. The maximum Gasteiger partial charge on any atom is 0.316 e. The fourth-order valence-corrected chi connectivity index (χ4v) is 6.11. The van der Waals surface area contributed by atoms with Gasteiger partial charge >= 0.3 is 5.56 Å². The molecule has 0 bridgehead atoms. The molecule has 5 rings (SSSR count). The Bertz CT molecular complexity index is 1790. The lowest BCUT2D eigenvalue weighted by Crippen LogP contribution is -2.49. The average Bonchev–Trinajstić information content (AvgIpc) is 2.97. The number of nitrogens with zero attached hydrogens (tertiary/aromatic N) is 5. The van der Waals surface area contributed by atoms with Gasteiger partial charge < -0.3 is 9.64 Å². The molecular weight excluding hydrogens is 591 g/mol. The summed E-state index contributed by atoms with van der Waals surface area (Å²) in [6.07, 6.45) is 1.30. The summed E-state index contributed by atoms with van der Waals surface area (Å²) in [5.41, 5.74) is 0.0683. The minimum absolute atomic E-state index is 0.0604. The molecule has 0 aliphatic carbocycles. The summed E-state index contributed by atoms with van der Waals surface area (Å²) in [5, 5.41) is 15.0. The van der Waals surface area contributed by atoms with Gasteiger partial charge in [-0.05, 0) is 35.4 Å². The van der Waals surface area contributed by atoms with E-state index in [9.17, 15) is 36.5 Å². The second kappa shape index (κ2) is 12.2. The van der Waals surface area contributed by atoms with Crippen LogP contribution in [0.5, 0.6) is 5.75 Å². The van der Waals surface area contributed by atoms with E-state index in [-0.39, 0.29) is 61.4 Å². The highest BCUT2D eigenvalue weighted by Gasteiger charge is 2.30. The van der Waals surface area contributed by atoms with Crippen LogP contribution >= 0.6 is 0 Å². The van der Waals surface area contributed by atoms with E-state index in [0.717, 1.165) is 16.8 Å². The van der Waals surface area contributed by atoms with E-state index in [1.54, 1.807) is 4.90 Å². The standard InChI is InChI=1S/C28H24F3N5O6S/c29-21-5-1-19(2-6-21)17-42-27-26(16-32-35(28(27)37)25-14-22(30)13-23(31)15-25)33-9-11-34(12-10-33)43(40,41)18-20-3-7-24(8-4-20)36(38)39/h1-8,13-16H,9-12,17-18H2. The van der Waals surface area contributed by atoms with Gasteiger partial charge in [-0.15, -0.1) is 0 Å². The van der Waals surface area contributed by atoms with Gasteiger partial charge in [0, 0.05) is 44.4 Å². The summed E-state index contributed by atoms with van der Waals surface area (Å²) in [6, 6.07) is 13.2. The minimum atomic E-state index is -3.77. The molecule has 0 amide bonds. The van der Waals surface area contributed by atoms with Gasteiger partial charge in [0.05, 0.1) is 22.6 Å². The number of ether oxygens (including phenoxy) is 1. The number of benzene rings is 3. The molecule has 0 radical (unpaired) electrons. The van der Waals surface area contributed by atoms with E-state index >= 15 is 0 Å². The van der Waals surface area contributed by atoms with Crippen molar-refractivity contribution in [1.29, 1.82) is 0 Å². The van der Waals surface area contributed by atoms with E-state index < -0.39 is 38.0 Å². The van der Waals surface area contributed by atoms with E-state index in [2.05, 4.69) is 5.10 Å². The Morgan fingerprint density at radius 1 is 0.860 bits per heavy atom. The smallest absolute Gasteiger partial charge is 0.316 e. The second-order valence-corrected chi connectivity index (χ2v) is 11.7. The summed E-state index contributed by atoms with van der Waals surface area (Å²) < 4.78 is 75.3. The van der Waals surface area contributed by atoms with Crippen molar-refractivity contribution in [2.24, 2.45) is 0 Å². The van der Waals surface area contributed by atoms with Crippen LogP contribution in [0.1, 0.15) is 11.1 Å². The molecule has 1 aliphatic rings. The zero-order chi connectivity index (χ0) is 30.7. The Morgan fingerprint density at radius 3 is 2.07 bits per heavy atom. The molecule has 2 heterocycles. The van der Waals surface area contributed by atoms with Gasteiger partial charge in [0.1, 0.15) is 29.7 Å². The van der Waals surface area contributed by atoms with E-state index in [1.807, 2.05) is 0 Å². The SMILES string of the molecule is O=c1c(OCc2ccc(F)cc2)c(N2CCN(S(=O)(=O)Cc3ccc([N+](=O)[O-])cc3)CC2)cnn1-c1cc(F)cc(F)c1. The molecule has 0 atom stereocenters. The van der Waals surface area contributed by atoms with E-state index in [4.69, 9.17) is 4.74 Å². The second-order valence-electron chi connectivity index (χ2n) is 9.68. The normalized spacial score (nSPS) is 14.1. The van der Waals surface area contributed by atoms with E-state index in [1.165, 1.54) is 59.0 Å². The fourth-order valence-electron chi connectivity index (χ4n) is 4.59. The van der Waals surface area contributed by atoms with Crippen LogP contribution in [0.3, 0.4) is 0 Å². The Hall–Kier alpha value is -4.76. The Kier molecular flexibility index (Phi) is 8.45. The summed E-state index contributed by atoms with van der Waals surface area (Å²) in [4.78, 5) is 25.5. The number of aromatic nitrogens is 2. The predicted octanol–water partition coefficient (Wildman–Crippen LogP) is 3.79. The molecule has 0 saturated carbocycles. The van der Waals surface area contributed by atoms with Crippen LogP contribution in [0, 0.1) is 27.6 Å². The molecule has 43 heavy (non-hydrogen) atoms. The van der Waals surface area contributed by atoms with Gasteiger partial charge in [-0.2, -0.15) is 14.1 Å². The van der Waals surface area contributed by atoms with Crippen molar-refractivity contribution in [1.82, 2.24) is 14.1 Å². The van der Waals surface area contributed by atoms with Gasteiger partial charge in [-0.25, -0.2) is 21.6 Å². The summed E-state index contributed by atoms with van der Waals surface area (Å²) >= 11 is 0. The zero-order valence-corrected chi connectivity index (χ0v) is 23.2. The molecule has 15 heteroatoms. The molecule has 1 aromatic heterocycles. The maximum atomic E-state index is 13.9. The number of sulfonamides is 1. The number of piperazine rings is 1. The van der Waals surface area contributed by atoms with Crippen molar-refractivity contribution < 1.29 is 31.2 Å². The minimum Gasteiger partial charge on any atom is -0.481 e. The topological polar surface area (TPSA) is 128 Å². The molecule has 0 N–H and O–H groups in total. The van der Waals surface area contributed by atoms with Crippen molar-refractivity contribution in [3.05, 3.63) is 122 Å². The molecule has 0 unspecified atom stereocenters. The monoisotopic (exact) mass is 615 g/mol. The van der Waals surface area contributed by atoms with Crippen LogP contribution in [-0.4, -0.2) is 53.6 Å². The van der Waals surface area contributed by atoms with Gasteiger partial charge in [0.15, 0.2) is 0 Å². The third-order valence-corrected chi connectivity index (χ3v) is 8.62. The number of nitro benzene ring substituents is 1. The van der Waals surface area contributed by atoms with E-state index in [0.29, 0.717) is 17.2 Å². The molecular formula is C28H24F3N5O6S. The van der Waals surface area contributed by atoms with Crippen LogP contribution in [0.25, 0.3) is 5.69 Å². The maximum absolute atomic E-state index is 13.9. The van der Waals surface area contributed by atoms with Crippen molar-refractivity contribution in [2.45, 2.75) is 12.4 Å². The molecule has 3 aromatic carbocycles. The number of hydrogen-bond acceptors (Lipinski definition) is 8. The average molecular weight is 616 g/mol. The molecule has 11 nitrogen and oxygen atoms in total. The molecule has 1 aliphatic heterocycles. The summed E-state index contributed by atoms with van der Waals surface area (Å²) in [7, 11) is -3.77. The Labute approximate surface area is 243 Å². The Morgan fingerprint density at radius 2 is 1.47 bits per heavy atom. The summed E-state index contributed by atoms with van der Waals surface area (Å²) in [6.45, 7) is 0.307. The lowest BCUT2D eigenvalue weighted by Gasteiger charge is -2.35. The van der Waals surface area contributed by atoms with Crippen molar-refractivity contribution in [3.8, 4) is 11.4 Å². The molecule has 0 spiro atoms. The van der Waals surface area contributed by atoms with Gasteiger partial charge in [-0.1, -0.05) is 24.3 Å².